The van der Waals surface area contributed by atoms with Crippen molar-refractivity contribution in [3.63, 3.8) is 0 Å². The van der Waals surface area contributed by atoms with Gasteiger partial charge in [-0.15, -0.1) is 5.56 Å². The van der Waals surface area contributed by atoms with E-state index in [0.29, 0.717) is 10.8 Å². The second kappa shape index (κ2) is 11.7. The van der Waals surface area contributed by atoms with E-state index >= 15 is 0 Å². The van der Waals surface area contributed by atoms with Gasteiger partial charge in [0, 0.05) is 21.7 Å². The Kier molecular flexibility index (Phi) is 11.3. The Morgan fingerprint density at radius 2 is 1.52 bits per heavy atom. The number of phenolic OH excluding ortho intramolecular Hbond substituents is 1. The molecule has 0 spiro atoms. The van der Waals surface area contributed by atoms with Crippen molar-refractivity contribution in [1.29, 1.82) is 0 Å². The Labute approximate surface area is 216 Å². The van der Waals surface area contributed by atoms with Crippen molar-refractivity contribution < 1.29 is 51.6 Å². The van der Waals surface area contributed by atoms with Gasteiger partial charge in [0.1, 0.15) is 5.75 Å². The molecule has 0 saturated heterocycles. The third-order valence-corrected chi connectivity index (χ3v) is 11.8. The molecule has 1 N–H and O–H groups in total. The Hall–Kier alpha value is -1.03. The first-order valence-corrected chi connectivity index (χ1v) is 13.0. The van der Waals surface area contributed by atoms with Crippen molar-refractivity contribution in [2.24, 2.45) is 0 Å². The normalized spacial score (nSPS) is 11.4. The number of hydrogen-bond acceptors (Lipinski definition) is 1. The number of hydrogen-bond donors (Lipinski definition) is 1. The summed E-state index contributed by atoms with van der Waals surface area (Å²) in [5.74, 6) is 0.398. The first-order valence-electron chi connectivity index (χ1n) is 9.98. The molecule has 0 heterocycles. The minimum Gasteiger partial charge on any atom is -1.00 e. The van der Waals surface area contributed by atoms with Crippen LogP contribution < -0.4 is 30.0 Å². The molecule has 0 atom stereocenters. The Morgan fingerprint density at radius 3 is 2.13 bits per heavy atom. The van der Waals surface area contributed by atoms with Crippen molar-refractivity contribution in [2.75, 3.05) is 0 Å². The maximum Gasteiger partial charge on any atom is 0.115 e. The molecule has 0 aromatic heterocycles. The maximum atomic E-state index is 9.65. The second-order valence-electron chi connectivity index (χ2n) is 9.33. The van der Waals surface area contributed by atoms with Crippen LogP contribution in [0.1, 0.15) is 37.5 Å². The summed E-state index contributed by atoms with van der Waals surface area (Å²) in [6, 6.07) is 24.1. The topological polar surface area (TPSA) is 20.2 Å². The average molecular weight is 506 g/mol. The van der Waals surface area contributed by atoms with Gasteiger partial charge < -0.3 is 29.9 Å². The molecule has 0 bridgehead atoms. The standard InChI is InChI=1S/C13H22OSi.C13H9.2ClH.Ti/c1-10-7-11(14)9-12(8-10)15(5,6)13(2,3)4;1-3-7-12-10(5-1)9-11-6-2-4-8-13(11)12;;;/h7-9,14H,1-6H3;1-5,7-8H,9H2;2*1H;/q;-1;;;/p-2. The number of benzene rings is 3. The first-order chi connectivity index (χ1) is 13.1. The van der Waals surface area contributed by atoms with Crippen LogP contribution in [0.15, 0.2) is 60.7 Å². The largest absolute Gasteiger partial charge is 1.00 e. The molecule has 3 aromatic carbocycles. The number of aromatic hydroxyl groups is 1. The molecule has 3 aromatic rings. The molecule has 31 heavy (non-hydrogen) atoms. The molecule has 5 heteroatoms. The molecule has 166 valence electrons. The van der Waals surface area contributed by atoms with Crippen molar-refractivity contribution in [3.05, 3.63) is 83.4 Å². The monoisotopic (exact) mass is 505 g/mol. The predicted octanol–water partition coefficient (Wildman–Crippen LogP) is 0.480. The zero-order valence-corrected chi connectivity index (χ0v) is 23.3. The molecular formula is C26H31Cl2OSiTi-3. The molecule has 1 aliphatic rings. The van der Waals surface area contributed by atoms with E-state index in [0.717, 1.165) is 12.0 Å². The third-order valence-electron chi connectivity index (χ3n) is 6.28. The van der Waals surface area contributed by atoms with Crippen LogP contribution in [0.3, 0.4) is 0 Å². The van der Waals surface area contributed by atoms with Gasteiger partial charge in [0.05, 0.1) is 8.07 Å². The van der Waals surface area contributed by atoms with E-state index < -0.39 is 8.07 Å². The molecule has 0 aliphatic heterocycles. The number of halogens is 2. The zero-order valence-electron chi connectivity index (χ0n) is 19.2. The zero-order chi connectivity index (χ0) is 20.5. The van der Waals surface area contributed by atoms with Gasteiger partial charge in [0.25, 0.3) is 0 Å². The molecular weight excluding hydrogens is 475 g/mol. The van der Waals surface area contributed by atoms with Crippen LogP contribution >= 0.6 is 0 Å². The minimum atomic E-state index is -1.50. The van der Waals surface area contributed by atoms with Gasteiger partial charge in [-0.2, -0.15) is 29.8 Å². The number of fused-ring (bicyclic) bond motifs is 3. The Morgan fingerprint density at radius 1 is 0.903 bits per heavy atom. The number of aryl methyl sites for hydroxylation is 1. The Balaban J connectivity index is 0.000000531. The van der Waals surface area contributed by atoms with E-state index in [9.17, 15) is 5.11 Å². The summed E-state index contributed by atoms with van der Waals surface area (Å²) >= 11 is 0. The fourth-order valence-electron chi connectivity index (χ4n) is 3.55. The molecule has 4 rings (SSSR count). The van der Waals surface area contributed by atoms with Gasteiger partial charge in [0.2, 0.25) is 0 Å². The van der Waals surface area contributed by atoms with Gasteiger partial charge in [-0.25, -0.2) is 0 Å². The average Bonchev–Trinajstić information content (AvgIpc) is 2.99. The van der Waals surface area contributed by atoms with Crippen LogP contribution in [0.5, 0.6) is 5.75 Å². The van der Waals surface area contributed by atoms with Crippen LogP contribution in [-0.4, -0.2) is 13.2 Å². The summed E-state index contributed by atoms with van der Waals surface area (Å²) in [6.07, 6.45) is 1.05. The van der Waals surface area contributed by atoms with E-state index in [-0.39, 0.29) is 46.5 Å². The van der Waals surface area contributed by atoms with Gasteiger partial charge in [-0.1, -0.05) is 80.5 Å². The summed E-state index contributed by atoms with van der Waals surface area (Å²) in [4.78, 5) is 0. The van der Waals surface area contributed by atoms with E-state index in [2.05, 4.69) is 82.4 Å². The minimum absolute atomic E-state index is 0. The van der Waals surface area contributed by atoms with Crippen molar-refractivity contribution in [2.45, 2.75) is 52.2 Å². The fourth-order valence-corrected chi connectivity index (χ4v) is 5.52. The van der Waals surface area contributed by atoms with Crippen LogP contribution in [0.25, 0.3) is 11.1 Å². The van der Waals surface area contributed by atoms with E-state index in [1.165, 1.54) is 27.4 Å². The molecule has 0 fully saturated rings. The first kappa shape index (κ1) is 30.0. The molecule has 1 aliphatic carbocycles. The number of phenols is 1. The fraction of sp³-hybridized carbons (Fsp3) is 0.308. The summed E-state index contributed by atoms with van der Waals surface area (Å²) in [7, 11) is -1.50. The van der Waals surface area contributed by atoms with Crippen LogP contribution in [0.4, 0.5) is 0 Å². The van der Waals surface area contributed by atoms with E-state index in [1.54, 1.807) is 0 Å². The predicted molar refractivity (Wildman–Crippen MR) is 123 cm³/mol. The van der Waals surface area contributed by atoms with Gasteiger partial charge in [-0.05, 0) is 36.1 Å². The second-order valence-corrected chi connectivity index (χ2v) is 14.7. The molecule has 0 unspecified atom stereocenters. The number of rotatable bonds is 1. The summed E-state index contributed by atoms with van der Waals surface area (Å²) < 4.78 is 0. The molecule has 0 saturated carbocycles. The molecule has 0 radical (unpaired) electrons. The van der Waals surface area contributed by atoms with Crippen molar-refractivity contribution in [1.82, 2.24) is 0 Å². The quantitative estimate of drug-likeness (QED) is 0.294. The van der Waals surface area contributed by atoms with Gasteiger partial charge in [-0.3, -0.25) is 0 Å². The van der Waals surface area contributed by atoms with E-state index in [1.807, 2.05) is 25.1 Å². The van der Waals surface area contributed by atoms with Crippen LogP contribution in [-0.2, 0) is 28.1 Å². The SMILES string of the molecule is Cc1cc(O)cc([Si](C)(C)C(C)(C)C)c1.[Cl-].[Cl-].[Ti].[c-]1cccc2c1Cc1ccccc1-2. The van der Waals surface area contributed by atoms with Crippen LogP contribution in [0.2, 0.25) is 18.1 Å². The Bertz CT molecular complexity index is 933. The third kappa shape index (κ3) is 6.73. The summed E-state index contributed by atoms with van der Waals surface area (Å²) in [5.41, 5.74) is 6.66. The summed E-state index contributed by atoms with van der Waals surface area (Å²) in [6.45, 7) is 13.6. The summed E-state index contributed by atoms with van der Waals surface area (Å²) in [5, 5.41) is 11.3. The van der Waals surface area contributed by atoms with Crippen molar-refractivity contribution >= 4 is 13.3 Å². The smallest absolute Gasteiger partial charge is 0.115 e. The molecule has 0 amide bonds. The van der Waals surface area contributed by atoms with Crippen LogP contribution in [0, 0.1) is 13.0 Å². The van der Waals surface area contributed by atoms with Crippen molar-refractivity contribution in [3.8, 4) is 16.9 Å². The maximum absolute atomic E-state index is 9.65. The van der Waals surface area contributed by atoms with Gasteiger partial charge in [0.15, 0.2) is 0 Å². The molecule has 1 nitrogen and oxygen atoms in total. The van der Waals surface area contributed by atoms with E-state index in [4.69, 9.17) is 0 Å². The van der Waals surface area contributed by atoms with Gasteiger partial charge >= 0.3 is 0 Å².